The minimum atomic E-state index is -0.0526. The topological polar surface area (TPSA) is 64.0 Å². The van der Waals surface area contributed by atoms with Gasteiger partial charge in [0.1, 0.15) is 4.83 Å². The number of carbonyl (C=O) groups is 1. The molecule has 0 unspecified atom stereocenters. The quantitative estimate of drug-likeness (QED) is 0.522. The summed E-state index contributed by atoms with van der Waals surface area (Å²) in [5, 5.41) is 6.29. The highest BCUT2D eigenvalue weighted by Gasteiger charge is 2.21. The fourth-order valence-corrected chi connectivity index (χ4v) is 5.93. The molecule has 136 valence electrons. The van der Waals surface area contributed by atoms with Gasteiger partial charge in [-0.1, -0.05) is 17.8 Å². The van der Waals surface area contributed by atoms with Crippen molar-refractivity contribution in [2.45, 2.75) is 37.4 Å². The lowest BCUT2D eigenvalue weighted by molar-refractivity contribution is -0.118. The molecule has 0 saturated heterocycles. The first-order valence-electron chi connectivity index (χ1n) is 8.56. The Morgan fingerprint density at radius 1 is 1.38 bits per heavy atom. The van der Waals surface area contributed by atoms with E-state index in [0.29, 0.717) is 11.7 Å². The summed E-state index contributed by atoms with van der Waals surface area (Å²) in [5.41, 5.74) is 1.21. The molecule has 1 N–H and O–H groups in total. The average Bonchev–Trinajstić information content (AvgIpc) is 3.28. The molecule has 4 rings (SSSR count). The van der Waals surface area contributed by atoms with Crippen LogP contribution in [0.25, 0.3) is 10.2 Å². The fraction of sp³-hybridized carbons (Fsp3) is 0.389. The SMILES string of the molecule is Cn1c(SCC(=O)NCc2cccs2)nc2sc3c(c2c1=O)CCCC3. The molecule has 0 spiro atoms. The number of hydrogen-bond donors (Lipinski definition) is 1. The third kappa shape index (κ3) is 3.45. The van der Waals surface area contributed by atoms with Crippen molar-refractivity contribution in [2.75, 3.05) is 5.75 Å². The van der Waals surface area contributed by atoms with Crippen LogP contribution in [0.4, 0.5) is 0 Å². The van der Waals surface area contributed by atoms with Crippen molar-refractivity contribution in [3.05, 3.63) is 43.2 Å². The van der Waals surface area contributed by atoms with E-state index in [9.17, 15) is 9.59 Å². The number of thiophene rings is 2. The minimum Gasteiger partial charge on any atom is -0.350 e. The lowest BCUT2D eigenvalue weighted by Crippen LogP contribution is -2.25. The third-order valence-electron chi connectivity index (χ3n) is 4.53. The fourth-order valence-electron chi connectivity index (χ4n) is 3.18. The van der Waals surface area contributed by atoms with Gasteiger partial charge in [-0.2, -0.15) is 0 Å². The van der Waals surface area contributed by atoms with Gasteiger partial charge < -0.3 is 5.32 Å². The summed E-state index contributed by atoms with van der Waals surface area (Å²) in [7, 11) is 1.74. The second-order valence-electron chi connectivity index (χ2n) is 6.29. The van der Waals surface area contributed by atoms with Gasteiger partial charge in [0.2, 0.25) is 5.91 Å². The van der Waals surface area contributed by atoms with Crippen LogP contribution < -0.4 is 10.9 Å². The van der Waals surface area contributed by atoms with Crippen LogP contribution in [0.5, 0.6) is 0 Å². The van der Waals surface area contributed by atoms with E-state index >= 15 is 0 Å². The number of carbonyl (C=O) groups excluding carboxylic acids is 1. The highest BCUT2D eigenvalue weighted by Crippen LogP contribution is 2.34. The normalized spacial score (nSPS) is 13.7. The first-order valence-corrected chi connectivity index (χ1v) is 11.2. The molecule has 3 aromatic heterocycles. The molecule has 8 heteroatoms. The van der Waals surface area contributed by atoms with Gasteiger partial charge in [-0.25, -0.2) is 4.98 Å². The smallest absolute Gasteiger partial charge is 0.262 e. The van der Waals surface area contributed by atoms with E-state index in [4.69, 9.17) is 0 Å². The molecule has 1 aliphatic carbocycles. The predicted octanol–water partition coefficient (Wildman–Crippen LogP) is 3.34. The zero-order chi connectivity index (χ0) is 18.1. The molecule has 26 heavy (non-hydrogen) atoms. The monoisotopic (exact) mass is 405 g/mol. The molecule has 0 aliphatic heterocycles. The first-order chi connectivity index (χ1) is 12.6. The minimum absolute atomic E-state index is 0.0101. The zero-order valence-electron chi connectivity index (χ0n) is 14.4. The van der Waals surface area contributed by atoms with Crippen LogP contribution in [0.3, 0.4) is 0 Å². The number of nitrogens with one attached hydrogen (secondary N) is 1. The summed E-state index contributed by atoms with van der Waals surface area (Å²) < 4.78 is 1.58. The van der Waals surface area contributed by atoms with Crippen LogP contribution in [0.2, 0.25) is 0 Å². The molecular weight excluding hydrogens is 386 g/mol. The lowest BCUT2D eigenvalue weighted by atomic mass is 9.97. The lowest BCUT2D eigenvalue weighted by Gasteiger charge is -2.10. The van der Waals surface area contributed by atoms with Gasteiger partial charge in [0, 0.05) is 16.8 Å². The molecule has 3 aromatic rings. The van der Waals surface area contributed by atoms with Crippen LogP contribution in [-0.4, -0.2) is 21.2 Å². The van der Waals surface area contributed by atoms with Gasteiger partial charge in [0.05, 0.1) is 17.7 Å². The molecule has 1 aliphatic rings. The van der Waals surface area contributed by atoms with Crippen molar-refractivity contribution in [3.8, 4) is 0 Å². The molecule has 5 nitrogen and oxygen atoms in total. The van der Waals surface area contributed by atoms with Crippen LogP contribution in [0.15, 0.2) is 27.5 Å². The average molecular weight is 406 g/mol. The first kappa shape index (κ1) is 17.8. The van der Waals surface area contributed by atoms with E-state index in [-0.39, 0.29) is 17.2 Å². The summed E-state index contributed by atoms with van der Waals surface area (Å²) in [5.74, 6) is 0.200. The summed E-state index contributed by atoms with van der Waals surface area (Å²) in [6.45, 7) is 0.542. The van der Waals surface area contributed by atoms with Crippen molar-refractivity contribution < 1.29 is 4.79 Å². The predicted molar refractivity (Wildman–Crippen MR) is 108 cm³/mol. The highest BCUT2D eigenvalue weighted by atomic mass is 32.2. The van der Waals surface area contributed by atoms with Gasteiger partial charge in [-0.3, -0.25) is 14.2 Å². The number of fused-ring (bicyclic) bond motifs is 3. The number of aryl methyl sites for hydroxylation is 2. The van der Waals surface area contributed by atoms with Gasteiger partial charge in [0.25, 0.3) is 5.56 Å². The maximum absolute atomic E-state index is 12.8. The number of hydrogen-bond acceptors (Lipinski definition) is 6. The maximum Gasteiger partial charge on any atom is 0.262 e. The summed E-state index contributed by atoms with van der Waals surface area (Å²) in [6.07, 6.45) is 4.35. The Labute approximate surface area is 163 Å². The summed E-state index contributed by atoms with van der Waals surface area (Å²) in [6, 6.07) is 3.96. The van der Waals surface area contributed by atoms with Crippen molar-refractivity contribution in [2.24, 2.45) is 7.05 Å². The van der Waals surface area contributed by atoms with Crippen LogP contribution in [0.1, 0.15) is 28.2 Å². The Morgan fingerprint density at radius 3 is 3.04 bits per heavy atom. The molecule has 3 heterocycles. The Hall–Kier alpha value is -1.64. The Kier molecular flexibility index (Phi) is 5.15. The molecule has 0 aromatic carbocycles. The summed E-state index contributed by atoms with van der Waals surface area (Å²) in [4.78, 5) is 32.9. The number of amides is 1. The van der Waals surface area contributed by atoms with E-state index in [0.717, 1.165) is 34.4 Å². The maximum atomic E-state index is 12.8. The second-order valence-corrected chi connectivity index (χ2v) is 9.35. The van der Waals surface area contributed by atoms with E-state index < -0.39 is 0 Å². The van der Waals surface area contributed by atoms with Gasteiger partial charge in [-0.05, 0) is 42.7 Å². The van der Waals surface area contributed by atoms with Crippen molar-refractivity contribution >= 4 is 50.6 Å². The Bertz CT molecular complexity index is 1010. The van der Waals surface area contributed by atoms with Gasteiger partial charge in [-0.15, -0.1) is 22.7 Å². The number of nitrogens with zero attached hydrogens (tertiary/aromatic N) is 2. The molecule has 0 fully saturated rings. The van der Waals surface area contributed by atoms with Crippen LogP contribution in [0, 0.1) is 0 Å². The van der Waals surface area contributed by atoms with Gasteiger partial charge >= 0.3 is 0 Å². The Morgan fingerprint density at radius 2 is 2.23 bits per heavy atom. The highest BCUT2D eigenvalue weighted by molar-refractivity contribution is 7.99. The standard InChI is InChI=1S/C18H19N3O2S3/c1-21-17(23)15-12-6-2-3-7-13(12)26-16(15)20-18(21)25-10-14(22)19-9-11-5-4-8-24-11/h4-5,8H,2-3,6-7,9-10H2,1H3,(H,19,22). The molecule has 1 amide bonds. The van der Waals surface area contributed by atoms with Crippen LogP contribution in [-0.2, 0) is 31.2 Å². The molecule has 0 saturated carbocycles. The largest absolute Gasteiger partial charge is 0.350 e. The Balaban J connectivity index is 1.50. The second kappa shape index (κ2) is 7.54. The van der Waals surface area contributed by atoms with Crippen LogP contribution >= 0.6 is 34.4 Å². The number of aromatic nitrogens is 2. The molecule has 0 radical (unpaired) electrons. The third-order valence-corrected chi connectivity index (χ3v) is 7.62. The number of thioether (sulfide) groups is 1. The number of rotatable bonds is 5. The van der Waals surface area contributed by atoms with E-state index in [2.05, 4.69) is 10.3 Å². The van der Waals surface area contributed by atoms with Gasteiger partial charge in [0.15, 0.2) is 5.16 Å². The van der Waals surface area contributed by atoms with Crippen molar-refractivity contribution in [1.29, 1.82) is 0 Å². The van der Waals surface area contributed by atoms with Crippen molar-refractivity contribution in [1.82, 2.24) is 14.9 Å². The molecule has 0 bridgehead atoms. The summed E-state index contributed by atoms with van der Waals surface area (Å²) >= 11 is 4.58. The molecular formula is C18H19N3O2S3. The van der Waals surface area contributed by atoms with E-state index in [1.807, 2.05) is 17.5 Å². The van der Waals surface area contributed by atoms with E-state index in [1.54, 1.807) is 34.3 Å². The zero-order valence-corrected chi connectivity index (χ0v) is 16.9. The van der Waals surface area contributed by atoms with Crippen molar-refractivity contribution in [3.63, 3.8) is 0 Å². The van der Waals surface area contributed by atoms with E-state index in [1.165, 1.54) is 28.6 Å². The molecule has 0 atom stereocenters.